The molecule has 0 spiro atoms. The quantitative estimate of drug-likeness (QED) is 0.804. The highest BCUT2D eigenvalue weighted by molar-refractivity contribution is 7.99. The van der Waals surface area contributed by atoms with Crippen LogP contribution in [0.2, 0.25) is 0 Å². The smallest absolute Gasteiger partial charge is 0.304 e. The van der Waals surface area contributed by atoms with E-state index in [-0.39, 0.29) is 12.5 Å². The van der Waals surface area contributed by atoms with Gasteiger partial charge in [-0.1, -0.05) is 17.7 Å². The topological polar surface area (TPSA) is 40.5 Å². The van der Waals surface area contributed by atoms with Crippen molar-refractivity contribution in [2.75, 3.05) is 24.6 Å². The lowest BCUT2D eigenvalue weighted by Gasteiger charge is -2.33. The van der Waals surface area contributed by atoms with Gasteiger partial charge in [-0.3, -0.25) is 9.69 Å². The highest BCUT2D eigenvalue weighted by Gasteiger charge is 2.23. The molecule has 1 rings (SSSR count). The van der Waals surface area contributed by atoms with Crippen LogP contribution >= 0.6 is 23.4 Å². The van der Waals surface area contributed by atoms with Gasteiger partial charge in [-0.15, -0.1) is 0 Å². The Hall–Kier alpha value is -0.190. The number of aliphatic carboxylic acids is 1. The van der Waals surface area contributed by atoms with E-state index in [2.05, 4.69) is 4.90 Å². The molecule has 80 valence electrons. The molecule has 1 aliphatic heterocycles. The van der Waals surface area contributed by atoms with Crippen LogP contribution in [0, 0.1) is 0 Å². The second-order valence-corrected chi connectivity index (χ2v) is 4.59. The van der Waals surface area contributed by atoms with Gasteiger partial charge in [0.05, 0.1) is 6.42 Å². The number of carboxylic acids is 1. The number of nitrogens with zero attached hydrogens (tertiary/aromatic N) is 1. The highest BCUT2D eigenvalue weighted by Crippen LogP contribution is 2.18. The zero-order chi connectivity index (χ0) is 10.4. The Morgan fingerprint density at radius 1 is 1.71 bits per heavy atom. The lowest BCUT2D eigenvalue weighted by atomic mass is 10.2. The van der Waals surface area contributed by atoms with Crippen LogP contribution < -0.4 is 0 Å². The Morgan fingerprint density at radius 3 is 3.14 bits per heavy atom. The summed E-state index contributed by atoms with van der Waals surface area (Å²) in [5.74, 6) is 1.26. The Labute approximate surface area is 93.1 Å². The van der Waals surface area contributed by atoms with Crippen LogP contribution in [-0.4, -0.2) is 46.6 Å². The van der Waals surface area contributed by atoms with Crippen LogP contribution in [0.4, 0.5) is 0 Å². The van der Waals surface area contributed by atoms with Crippen LogP contribution in [0.3, 0.4) is 0 Å². The summed E-state index contributed by atoms with van der Waals surface area (Å²) < 4.78 is 0. The van der Waals surface area contributed by atoms with Crippen molar-refractivity contribution in [3.05, 3.63) is 11.6 Å². The molecule has 1 N–H and O–H groups in total. The molecule has 1 saturated heterocycles. The van der Waals surface area contributed by atoms with Crippen LogP contribution in [0.5, 0.6) is 0 Å². The number of hydrogen-bond acceptors (Lipinski definition) is 3. The van der Waals surface area contributed by atoms with E-state index < -0.39 is 5.97 Å². The summed E-state index contributed by atoms with van der Waals surface area (Å²) in [4.78, 5) is 12.8. The molecule has 0 aliphatic carbocycles. The molecule has 0 aromatic heterocycles. The molecule has 0 amide bonds. The van der Waals surface area contributed by atoms with Crippen LogP contribution in [0.25, 0.3) is 0 Å². The average molecular weight is 236 g/mol. The first-order valence-electron chi connectivity index (χ1n) is 4.53. The van der Waals surface area contributed by atoms with E-state index >= 15 is 0 Å². The minimum atomic E-state index is -0.725. The van der Waals surface area contributed by atoms with Gasteiger partial charge in [-0.25, -0.2) is 0 Å². The number of hydrogen-bond donors (Lipinski definition) is 1. The molecular weight excluding hydrogens is 222 g/mol. The number of halogens is 1. The SMILES string of the molecule is O=C(O)CC1CSCCN1CC=CCl. The van der Waals surface area contributed by atoms with Gasteiger partial charge in [0.25, 0.3) is 0 Å². The van der Waals surface area contributed by atoms with Crippen molar-refractivity contribution in [3.8, 4) is 0 Å². The second-order valence-electron chi connectivity index (χ2n) is 3.18. The van der Waals surface area contributed by atoms with E-state index in [4.69, 9.17) is 16.7 Å². The molecule has 1 heterocycles. The van der Waals surface area contributed by atoms with Crippen molar-refractivity contribution in [1.82, 2.24) is 4.90 Å². The molecule has 1 atom stereocenters. The summed E-state index contributed by atoms with van der Waals surface area (Å²) in [5, 5.41) is 8.73. The summed E-state index contributed by atoms with van der Waals surface area (Å²) in [6, 6.07) is 0.152. The first-order valence-corrected chi connectivity index (χ1v) is 6.12. The summed E-state index contributed by atoms with van der Waals surface area (Å²) in [5.41, 5.74) is 1.49. The molecule has 0 saturated carbocycles. The fourth-order valence-electron chi connectivity index (χ4n) is 1.49. The molecule has 1 unspecified atom stereocenters. The summed E-state index contributed by atoms with van der Waals surface area (Å²) in [6.07, 6.45) is 2.08. The summed E-state index contributed by atoms with van der Waals surface area (Å²) in [7, 11) is 0. The van der Waals surface area contributed by atoms with Crippen LogP contribution in [-0.2, 0) is 4.79 Å². The standard InChI is InChI=1S/C9H14ClNO2S/c10-2-1-3-11-4-5-14-7-8(11)6-9(12)13/h1-2,8H,3-7H2,(H,12,13). The van der Waals surface area contributed by atoms with Crippen molar-refractivity contribution in [1.29, 1.82) is 0 Å². The monoisotopic (exact) mass is 235 g/mol. The first kappa shape index (κ1) is 11.9. The molecule has 0 radical (unpaired) electrons. The fraction of sp³-hybridized carbons (Fsp3) is 0.667. The van der Waals surface area contributed by atoms with Gasteiger partial charge in [0.15, 0.2) is 0 Å². The molecule has 14 heavy (non-hydrogen) atoms. The van der Waals surface area contributed by atoms with Crippen LogP contribution in [0.15, 0.2) is 11.6 Å². The van der Waals surface area contributed by atoms with Crippen LogP contribution in [0.1, 0.15) is 6.42 Å². The Bertz CT molecular complexity index is 223. The number of carboxylic acid groups (broad SMARTS) is 1. The molecule has 5 heteroatoms. The largest absolute Gasteiger partial charge is 0.481 e. The van der Waals surface area contributed by atoms with Gasteiger partial charge < -0.3 is 5.11 Å². The third-order valence-corrected chi connectivity index (χ3v) is 3.46. The minimum Gasteiger partial charge on any atom is -0.481 e. The zero-order valence-corrected chi connectivity index (χ0v) is 9.43. The Balaban J connectivity index is 2.45. The minimum absolute atomic E-state index is 0.152. The number of carbonyl (C=O) groups is 1. The van der Waals surface area contributed by atoms with E-state index in [9.17, 15) is 4.79 Å². The molecule has 3 nitrogen and oxygen atoms in total. The maximum Gasteiger partial charge on any atom is 0.304 e. The van der Waals surface area contributed by atoms with E-state index in [0.29, 0.717) is 0 Å². The zero-order valence-electron chi connectivity index (χ0n) is 7.86. The van der Waals surface area contributed by atoms with Gasteiger partial charge in [0.1, 0.15) is 0 Å². The van der Waals surface area contributed by atoms with Gasteiger partial charge in [0, 0.05) is 36.2 Å². The number of thioether (sulfide) groups is 1. The fourth-order valence-corrected chi connectivity index (χ4v) is 2.71. The lowest BCUT2D eigenvalue weighted by Crippen LogP contribution is -2.43. The molecule has 0 aromatic rings. The van der Waals surface area contributed by atoms with Crippen molar-refractivity contribution in [2.45, 2.75) is 12.5 Å². The Kier molecular flexibility index (Phi) is 5.37. The van der Waals surface area contributed by atoms with E-state index in [0.717, 1.165) is 24.6 Å². The molecule has 0 aromatic carbocycles. The predicted molar refractivity (Wildman–Crippen MR) is 59.9 cm³/mol. The van der Waals surface area contributed by atoms with Crippen molar-refractivity contribution in [2.24, 2.45) is 0 Å². The molecular formula is C9H14ClNO2S. The maximum atomic E-state index is 10.6. The van der Waals surface area contributed by atoms with Gasteiger partial charge >= 0.3 is 5.97 Å². The highest BCUT2D eigenvalue weighted by atomic mass is 35.5. The maximum absolute atomic E-state index is 10.6. The van der Waals surface area contributed by atoms with Gasteiger partial charge in [-0.05, 0) is 0 Å². The van der Waals surface area contributed by atoms with Gasteiger partial charge in [-0.2, -0.15) is 11.8 Å². The predicted octanol–water partition coefficient (Wildman–Crippen LogP) is 1.63. The molecule has 1 fully saturated rings. The first-order chi connectivity index (χ1) is 6.74. The summed E-state index contributed by atoms with van der Waals surface area (Å²) >= 11 is 7.27. The lowest BCUT2D eigenvalue weighted by molar-refractivity contribution is -0.138. The molecule has 1 aliphatic rings. The third-order valence-electron chi connectivity index (χ3n) is 2.19. The van der Waals surface area contributed by atoms with E-state index in [1.165, 1.54) is 5.54 Å². The second kappa shape index (κ2) is 6.32. The van der Waals surface area contributed by atoms with Crippen molar-refractivity contribution in [3.63, 3.8) is 0 Å². The number of rotatable bonds is 4. The third kappa shape index (κ3) is 3.90. The Morgan fingerprint density at radius 2 is 2.50 bits per heavy atom. The van der Waals surface area contributed by atoms with Crippen molar-refractivity contribution >= 4 is 29.3 Å². The van der Waals surface area contributed by atoms with Gasteiger partial charge in [0.2, 0.25) is 0 Å². The normalized spacial score (nSPS) is 24.2. The van der Waals surface area contributed by atoms with E-state index in [1.54, 1.807) is 0 Å². The molecule has 0 bridgehead atoms. The summed E-state index contributed by atoms with van der Waals surface area (Å²) in [6.45, 7) is 1.70. The van der Waals surface area contributed by atoms with Crippen molar-refractivity contribution < 1.29 is 9.90 Å². The van der Waals surface area contributed by atoms with E-state index in [1.807, 2.05) is 17.8 Å². The average Bonchev–Trinajstić information content (AvgIpc) is 2.16.